The molecule has 1 aromatic rings. The zero-order valence-corrected chi connectivity index (χ0v) is 13.5. The largest absolute Gasteiger partial charge is 0.484 e. The van der Waals surface area contributed by atoms with Crippen molar-refractivity contribution in [2.75, 3.05) is 38.2 Å². The van der Waals surface area contributed by atoms with Crippen LogP contribution in [0.3, 0.4) is 0 Å². The molecule has 6 nitrogen and oxygen atoms in total. The number of likely N-dealkylation sites (N-methyl/N-ethyl adjacent to an activating group) is 1. The fourth-order valence-electron chi connectivity index (χ4n) is 3.06. The van der Waals surface area contributed by atoms with Crippen molar-refractivity contribution in [3.05, 3.63) is 24.3 Å². The SMILES string of the molecule is CN(C(=O)COc1ccc(N2CCCC2=O)cc1)C1CCNC1. The Hall–Kier alpha value is -2.08. The molecule has 23 heavy (non-hydrogen) atoms. The van der Waals surface area contributed by atoms with E-state index in [9.17, 15) is 9.59 Å². The summed E-state index contributed by atoms with van der Waals surface area (Å²) in [5.41, 5.74) is 0.889. The Balaban J connectivity index is 1.52. The standard InChI is InChI=1S/C17H23N3O3/c1-19(14-8-9-18-11-14)17(22)12-23-15-6-4-13(5-7-15)20-10-2-3-16(20)21/h4-7,14,18H,2-3,8-12H2,1H3. The van der Waals surface area contributed by atoms with Gasteiger partial charge in [-0.1, -0.05) is 0 Å². The third kappa shape index (κ3) is 3.64. The Bertz CT molecular complexity index is 567. The highest BCUT2D eigenvalue weighted by Crippen LogP contribution is 2.23. The predicted octanol–water partition coefficient (Wildman–Crippen LogP) is 1.01. The maximum atomic E-state index is 12.1. The van der Waals surface area contributed by atoms with E-state index in [1.54, 1.807) is 9.80 Å². The van der Waals surface area contributed by atoms with Gasteiger partial charge in [0.15, 0.2) is 6.61 Å². The molecule has 2 saturated heterocycles. The summed E-state index contributed by atoms with van der Waals surface area (Å²) in [6.07, 6.45) is 2.52. The highest BCUT2D eigenvalue weighted by atomic mass is 16.5. The van der Waals surface area contributed by atoms with Crippen molar-refractivity contribution in [2.24, 2.45) is 0 Å². The van der Waals surface area contributed by atoms with Crippen molar-refractivity contribution in [3.8, 4) is 5.75 Å². The van der Waals surface area contributed by atoms with Crippen molar-refractivity contribution in [3.63, 3.8) is 0 Å². The third-order valence-electron chi connectivity index (χ3n) is 4.56. The lowest BCUT2D eigenvalue weighted by atomic mass is 10.2. The van der Waals surface area contributed by atoms with Gasteiger partial charge in [-0.2, -0.15) is 0 Å². The van der Waals surface area contributed by atoms with E-state index in [0.29, 0.717) is 12.2 Å². The summed E-state index contributed by atoms with van der Waals surface area (Å²) in [4.78, 5) is 27.4. The van der Waals surface area contributed by atoms with E-state index in [4.69, 9.17) is 4.74 Å². The maximum absolute atomic E-state index is 12.1. The summed E-state index contributed by atoms with van der Waals surface area (Å²) in [7, 11) is 1.82. The summed E-state index contributed by atoms with van der Waals surface area (Å²) in [5, 5.41) is 3.25. The van der Waals surface area contributed by atoms with Crippen LogP contribution in [0.2, 0.25) is 0 Å². The van der Waals surface area contributed by atoms with Crippen LogP contribution >= 0.6 is 0 Å². The fourth-order valence-corrected chi connectivity index (χ4v) is 3.06. The molecule has 0 aromatic heterocycles. The second-order valence-electron chi connectivity index (χ2n) is 6.08. The summed E-state index contributed by atoms with van der Waals surface area (Å²) in [6, 6.07) is 7.62. The van der Waals surface area contributed by atoms with Gasteiger partial charge in [0.1, 0.15) is 5.75 Å². The van der Waals surface area contributed by atoms with Crippen LogP contribution in [0.25, 0.3) is 0 Å². The fraction of sp³-hybridized carbons (Fsp3) is 0.529. The van der Waals surface area contributed by atoms with E-state index in [-0.39, 0.29) is 24.5 Å². The van der Waals surface area contributed by atoms with E-state index in [0.717, 1.165) is 38.2 Å². The molecule has 0 aliphatic carbocycles. The van der Waals surface area contributed by atoms with Crippen molar-refractivity contribution in [1.82, 2.24) is 10.2 Å². The van der Waals surface area contributed by atoms with Gasteiger partial charge in [0.05, 0.1) is 0 Å². The van der Waals surface area contributed by atoms with E-state index in [1.807, 2.05) is 31.3 Å². The molecule has 2 heterocycles. The average Bonchev–Trinajstić information content (AvgIpc) is 3.24. The summed E-state index contributed by atoms with van der Waals surface area (Å²) in [5.74, 6) is 0.796. The van der Waals surface area contributed by atoms with Crippen molar-refractivity contribution >= 4 is 17.5 Å². The minimum absolute atomic E-state index is 0.0162. The molecule has 3 rings (SSSR count). The highest BCUT2D eigenvalue weighted by molar-refractivity contribution is 5.95. The number of hydrogen-bond acceptors (Lipinski definition) is 4. The first kappa shape index (κ1) is 15.8. The number of nitrogens with one attached hydrogen (secondary N) is 1. The molecule has 2 aliphatic rings. The minimum Gasteiger partial charge on any atom is -0.484 e. The lowest BCUT2D eigenvalue weighted by Gasteiger charge is -2.23. The Morgan fingerprint density at radius 1 is 1.39 bits per heavy atom. The van der Waals surface area contributed by atoms with Crippen molar-refractivity contribution in [2.45, 2.75) is 25.3 Å². The first-order valence-electron chi connectivity index (χ1n) is 8.15. The van der Waals surface area contributed by atoms with E-state index in [1.165, 1.54) is 0 Å². The topological polar surface area (TPSA) is 61.9 Å². The normalized spacial score (nSPS) is 20.8. The van der Waals surface area contributed by atoms with Crippen LogP contribution in [0.1, 0.15) is 19.3 Å². The zero-order valence-electron chi connectivity index (χ0n) is 13.5. The Morgan fingerprint density at radius 3 is 2.78 bits per heavy atom. The molecule has 0 spiro atoms. The molecule has 0 bridgehead atoms. The van der Waals surface area contributed by atoms with Gasteiger partial charge in [0.25, 0.3) is 5.91 Å². The zero-order chi connectivity index (χ0) is 16.2. The second kappa shape index (κ2) is 7.00. The summed E-state index contributed by atoms with van der Waals surface area (Å²) in [6.45, 7) is 2.62. The Kier molecular flexibility index (Phi) is 4.81. The van der Waals surface area contributed by atoms with Gasteiger partial charge >= 0.3 is 0 Å². The predicted molar refractivity (Wildman–Crippen MR) is 87.6 cm³/mol. The molecule has 2 fully saturated rings. The number of amides is 2. The van der Waals surface area contributed by atoms with Crippen molar-refractivity contribution < 1.29 is 14.3 Å². The number of anilines is 1. The quantitative estimate of drug-likeness (QED) is 0.880. The monoisotopic (exact) mass is 317 g/mol. The molecule has 2 amide bonds. The molecule has 1 aromatic carbocycles. The smallest absolute Gasteiger partial charge is 0.260 e. The number of carbonyl (C=O) groups is 2. The van der Waals surface area contributed by atoms with Gasteiger partial charge in [-0.15, -0.1) is 0 Å². The number of ether oxygens (including phenoxy) is 1. The minimum atomic E-state index is -0.0162. The van der Waals surface area contributed by atoms with Gasteiger partial charge in [0, 0.05) is 38.3 Å². The summed E-state index contributed by atoms with van der Waals surface area (Å²) >= 11 is 0. The molecular weight excluding hydrogens is 294 g/mol. The van der Waals surface area contributed by atoms with Crippen molar-refractivity contribution in [1.29, 1.82) is 0 Å². The first-order valence-corrected chi connectivity index (χ1v) is 8.15. The van der Waals surface area contributed by atoms with Gasteiger partial charge in [-0.05, 0) is 43.7 Å². The van der Waals surface area contributed by atoms with Crippen LogP contribution < -0.4 is 15.0 Å². The maximum Gasteiger partial charge on any atom is 0.260 e. The molecule has 6 heteroatoms. The molecule has 2 aliphatic heterocycles. The average molecular weight is 317 g/mol. The molecule has 1 unspecified atom stereocenters. The third-order valence-corrected chi connectivity index (χ3v) is 4.56. The van der Waals surface area contributed by atoms with Crippen LogP contribution in [0.5, 0.6) is 5.75 Å². The first-order chi connectivity index (χ1) is 11.1. The molecule has 1 atom stereocenters. The van der Waals surface area contributed by atoms with Gasteiger partial charge < -0.3 is 19.9 Å². The molecular formula is C17H23N3O3. The number of benzene rings is 1. The molecule has 0 radical (unpaired) electrons. The number of carbonyl (C=O) groups excluding carboxylic acids is 2. The van der Waals surface area contributed by atoms with Gasteiger partial charge in [-0.25, -0.2) is 0 Å². The molecule has 124 valence electrons. The number of hydrogen-bond donors (Lipinski definition) is 1. The molecule has 0 saturated carbocycles. The number of nitrogens with zero attached hydrogens (tertiary/aromatic N) is 2. The van der Waals surface area contributed by atoms with E-state index < -0.39 is 0 Å². The highest BCUT2D eigenvalue weighted by Gasteiger charge is 2.24. The second-order valence-corrected chi connectivity index (χ2v) is 6.08. The lowest BCUT2D eigenvalue weighted by molar-refractivity contribution is -0.133. The van der Waals surface area contributed by atoms with E-state index >= 15 is 0 Å². The van der Waals surface area contributed by atoms with Gasteiger partial charge in [-0.3, -0.25) is 9.59 Å². The Labute approximate surface area is 136 Å². The Morgan fingerprint density at radius 2 is 2.17 bits per heavy atom. The number of rotatable bonds is 5. The van der Waals surface area contributed by atoms with Gasteiger partial charge in [0.2, 0.25) is 5.91 Å². The van der Waals surface area contributed by atoms with Crippen LogP contribution in [0.15, 0.2) is 24.3 Å². The summed E-state index contributed by atoms with van der Waals surface area (Å²) < 4.78 is 5.58. The van der Waals surface area contributed by atoms with E-state index in [2.05, 4.69) is 5.32 Å². The van der Waals surface area contributed by atoms with Crippen LogP contribution in [0.4, 0.5) is 5.69 Å². The van der Waals surface area contributed by atoms with Crippen LogP contribution in [-0.2, 0) is 9.59 Å². The van der Waals surface area contributed by atoms with Crippen LogP contribution in [0, 0.1) is 0 Å². The lowest BCUT2D eigenvalue weighted by Crippen LogP contribution is -2.40. The van der Waals surface area contributed by atoms with Crippen LogP contribution in [-0.4, -0.2) is 56.0 Å². The molecule has 1 N–H and O–H groups in total.